The minimum absolute atomic E-state index is 0.462. The Morgan fingerprint density at radius 3 is 2.41 bits per heavy atom. The van der Waals surface area contributed by atoms with Crippen molar-refractivity contribution in [2.45, 2.75) is 62.3 Å². The second-order valence-corrected chi connectivity index (χ2v) is 6.66. The van der Waals surface area contributed by atoms with Crippen molar-refractivity contribution < 1.29 is 9.47 Å². The van der Waals surface area contributed by atoms with Crippen molar-refractivity contribution >= 4 is 15.9 Å². The molecule has 2 saturated carbocycles. The number of methoxy groups -OCH3 is 1. The van der Waals surface area contributed by atoms with Gasteiger partial charge in [-0.1, -0.05) is 41.6 Å². The van der Waals surface area contributed by atoms with Gasteiger partial charge in [0.05, 0.1) is 6.10 Å². The first-order valence-corrected chi connectivity index (χ1v) is 7.96. The summed E-state index contributed by atoms with van der Waals surface area (Å²) in [5, 5.41) is 0. The van der Waals surface area contributed by atoms with Crippen LogP contribution in [0.5, 0.6) is 0 Å². The van der Waals surface area contributed by atoms with Crippen molar-refractivity contribution in [3.8, 4) is 0 Å². The SMILES string of the molecule is COCCCOC1CC(Br)C12CCCCCC2. The molecular weight excluding hydrogens is 280 g/mol. The third-order valence-corrected chi connectivity index (χ3v) is 5.82. The van der Waals surface area contributed by atoms with Gasteiger partial charge in [-0.25, -0.2) is 0 Å². The van der Waals surface area contributed by atoms with E-state index < -0.39 is 0 Å². The third kappa shape index (κ3) is 3.05. The van der Waals surface area contributed by atoms with Gasteiger partial charge in [0.15, 0.2) is 0 Å². The van der Waals surface area contributed by atoms with Gasteiger partial charge in [-0.15, -0.1) is 0 Å². The van der Waals surface area contributed by atoms with E-state index >= 15 is 0 Å². The van der Waals surface area contributed by atoms with Crippen LogP contribution in [0.1, 0.15) is 51.4 Å². The second kappa shape index (κ2) is 6.53. The van der Waals surface area contributed by atoms with Crippen LogP contribution in [-0.4, -0.2) is 31.3 Å². The van der Waals surface area contributed by atoms with Gasteiger partial charge in [-0.3, -0.25) is 0 Å². The van der Waals surface area contributed by atoms with E-state index in [1.807, 2.05) is 0 Å². The fraction of sp³-hybridized carbons (Fsp3) is 1.00. The fourth-order valence-corrected chi connectivity index (χ4v) is 4.48. The number of rotatable bonds is 5. The molecule has 2 aliphatic rings. The highest BCUT2D eigenvalue weighted by Gasteiger charge is 2.53. The largest absolute Gasteiger partial charge is 0.385 e. The first kappa shape index (κ1) is 13.8. The Labute approximate surface area is 114 Å². The summed E-state index contributed by atoms with van der Waals surface area (Å²) < 4.78 is 11.2. The van der Waals surface area contributed by atoms with Crippen LogP contribution in [0.4, 0.5) is 0 Å². The standard InChI is InChI=1S/C14H25BrO2/c1-16-9-6-10-17-13-11-12(15)14(13)7-4-2-3-5-8-14/h12-13H,2-11H2,1H3. The summed E-state index contributed by atoms with van der Waals surface area (Å²) in [6.45, 7) is 1.68. The van der Waals surface area contributed by atoms with E-state index in [9.17, 15) is 0 Å². The highest BCUT2D eigenvalue weighted by molar-refractivity contribution is 9.09. The molecule has 3 heteroatoms. The first-order valence-electron chi connectivity index (χ1n) is 7.04. The average molecular weight is 305 g/mol. The Bertz CT molecular complexity index is 224. The molecule has 2 nitrogen and oxygen atoms in total. The minimum Gasteiger partial charge on any atom is -0.385 e. The molecule has 2 fully saturated rings. The van der Waals surface area contributed by atoms with E-state index in [4.69, 9.17) is 9.47 Å². The Kier molecular flexibility index (Phi) is 5.31. The van der Waals surface area contributed by atoms with Crippen molar-refractivity contribution in [1.82, 2.24) is 0 Å². The van der Waals surface area contributed by atoms with Crippen LogP contribution in [0, 0.1) is 5.41 Å². The monoisotopic (exact) mass is 304 g/mol. The maximum atomic E-state index is 6.09. The maximum Gasteiger partial charge on any atom is 0.0652 e. The number of alkyl halides is 1. The van der Waals surface area contributed by atoms with Crippen molar-refractivity contribution in [2.24, 2.45) is 5.41 Å². The molecule has 1 spiro atoms. The summed E-state index contributed by atoms with van der Waals surface area (Å²) >= 11 is 3.87. The van der Waals surface area contributed by atoms with Crippen molar-refractivity contribution in [3.05, 3.63) is 0 Å². The van der Waals surface area contributed by atoms with Crippen LogP contribution in [0.25, 0.3) is 0 Å². The molecule has 0 heterocycles. The molecule has 2 unspecified atom stereocenters. The molecule has 0 bridgehead atoms. The molecule has 0 N–H and O–H groups in total. The second-order valence-electron chi connectivity index (χ2n) is 5.56. The summed E-state index contributed by atoms with van der Waals surface area (Å²) in [5.41, 5.74) is 0.462. The van der Waals surface area contributed by atoms with Gasteiger partial charge < -0.3 is 9.47 Å². The molecule has 0 saturated heterocycles. The lowest BCUT2D eigenvalue weighted by atomic mass is 9.61. The Morgan fingerprint density at radius 2 is 1.82 bits per heavy atom. The van der Waals surface area contributed by atoms with Gasteiger partial charge in [0.25, 0.3) is 0 Å². The molecule has 0 aliphatic heterocycles. The van der Waals surface area contributed by atoms with E-state index in [1.54, 1.807) is 7.11 Å². The third-order valence-electron chi connectivity index (χ3n) is 4.53. The number of halogens is 1. The molecule has 0 aromatic carbocycles. The van der Waals surface area contributed by atoms with E-state index in [-0.39, 0.29) is 0 Å². The molecule has 0 amide bonds. The predicted octanol–water partition coefficient (Wildman–Crippen LogP) is 3.92. The molecule has 17 heavy (non-hydrogen) atoms. The van der Waals surface area contributed by atoms with Gasteiger partial charge in [0, 0.05) is 30.6 Å². The van der Waals surface area contributed by atoms with Crippen LogP contribution in [-0.2, 0) is 9.47 Å². The maximum absolute atomic E-state index is 6.09. The lowest BCUT2D eigenvalue weighted by Crippen LogP contribution is -2.55. The summed E-state index contributed by atoms with van der Waals surface area (Å²) in [7, 11) is 1.75. The average Bonchev–Trinajstić information content (AvgIpc) is 2.60. The highest BCUT2D eigenvalue weighted by Crippen LogP contribution is 2.55. The van der Waals surface area contributed by atoms with E-state index in [0.29, 0.717) is 16.3 Å². The van der Waals surface area contributed by atoms with E-state index in [0.717, 1.165) is 19.6 Å². The fourth-order valence-electron chi connectivity index (χ4n) is 3.38. The van der Waals surface area contributed by atoms with E-state index in [2.05, 4.69) is 15.9 Å². The highest BCUT2D eigenvalue weighted by atomic mass is 79.9. The number of hydrogen-bond acceptors (Lipinski definition) is 2. The minimum atomic E-state index is 0.462. The zero-order chi connectivity index (χ0) is 12.1. The topological polar surface area (TPSA) is 18.5 Å². The Balaban J connectivity index is 1.81. The van der Waals surface area contributed by atoms with E-state index in [1.165, 1.54) is 44.9 Å². The molecule has 2 aliphatic carbocycles. The number of hydrogen-bond donors (Lipinski definition) is 0. The lowest BCUT2D eigenvalue weighted by molar-refractivity contribution is -0.113. The zero-order valence-corrected chi connectivity index (χ0v) is 12.5. The molecule has 2 rings (SSSR count). The van der Waals surface area contributed by atoms with Gasteiger partial charge >= 0.3 is 0 Å². The summed E-state index contributed by atoms with van der Waals surface area (Å²) in [6.07, 6.45) is 11.1. The van der Waals surface area contributed by atoms with Crippen LogP contribution < -0.4 is 0 Å². The molecule has 2 atom stereocenters. The normalized spacial score (nSPS) is 32.1. The smallest absolute Gasteiger partial charge is 0.0652 e. The zero-order valence-electron chi connectivity index (χ0n) is 10.9. The first-order chi connectivity index (χ1) is 8.29. The van der Waals surface area contributed by atoms with Crippen LogP contribution in [0.2, 0.25) is 0 Å². The summed E-state index contributed by atoms with van der Waals surface area (Å²) in [5.74, 6) is 0. The van der Waals surface area contributed by atoms with Crippen LogP contribution >= 0.6 is 15.9 Å². The molecule has 0 radical (unpaired) electrons. The van der Waals surface area contributed by atoms with Crippen molar-refractivity contribution in [1.29, 1.82) is 0 Å². The summed E-state index contributed by atoms with van der Waals surface area (Å²) in [4.78, 5) is 0.695. The summed E-state index contributed by atoms with van der Waals surface area (Å²) in [6, 6.07) is 0. The lowest BCUT2D eigenvalue weighted by Gasteiger charge is -2.53. The van der Waals surface area contributed by atoms with Gasteiger partial charge in [-0.05, 0) is 25.7 Å². The molecule has 0 aromatic rings. The van der Waals surface area contributed by atoms with Crippen LogP contribution in [0.3, 0.4) is 0 Å². The van der Waals surface area contributed by atoms with Crippen molar-refractivity contribution in [2.75, 3.05) is 20.3 Å². The van der Waals surface area contributed by atoms with Crippen molar-refractivity contribution in [3.63, 3.8) is 0 Å². The number of ether oxygens (including phenoxy) is 2. The molecule has 0 aromatic heterocycles. The van der Waals surface area contributed by atoms with Crippen LogP contribution in [0.15, 0.2) is 0 Å². The quantitative estimate of drug-likeness (QED) is 0.566. The Hall–Kier alpha value is 0.400. The van der Waals surface area contributed by atoms with Gasteiger partial charge in [0.1, 0.15) is 0 Å². The van der Waals surface area contributed by atoms with Gasteiger partial charge in [-0.2, -0.15) is 0 Å². The molecular formula is C14H25BrO2. The molecule has 100 valence electrons. The predicted molar refractivity (Wildman–Crippen MR) is 73.7 cm³/mol. The van der Waals surface area contributed by atoms with Gasteiger partial charge in [0.2, 0.25) is 0 Å². The Morgan fingerprint density at radius 1 is 1.12 bits per heavy atom.